The topological polar surface area (TPSA) is 83.4 Å². The first-order valence-corrected chi connectivity index (χ1v) is 12.2. The lowest BCUT2D eigenvalue weighted by molar-refractivity contribution is -0.122. The molecule has 34 heavy (non-hydrogen) atoms. The zero-order chi connectivity index (χ0) is 23.8. The monoisotopic (exact) mass is 460 g/mol. The summed E-state index contributed by atoms with van der Waals surface area (Å²) >= 11 is 0. The molecule has 2 fully saturated rings. The third-order valence-corrected chi connectivity index (χ3v) is 6.68. The lowest BCUT2D eigenvalue weighted by atomic mass is 10.0. The van der Waals surface area contributed by atoms with Gasteiger partial charge in [0.1, 0.15) is 0 Å². The van der Waals surface area contributed by atoms with Crippen LogP contribution in [0.25, 0.3) is 22.3 Å². The van der Waals surface area contributed by atoms with Gasteiger partial charge < -0.3 is 10.2 Å². The van der Waals surface area contributed by atoms with Crippen LogP contribution in [0.15, 0.2) is 36.5 Å². The number of benzene rings is 1. The third-order valence-electron chi connectivity index (χ3n) is 6.68. The van der Waals surface area contributed by atoms with E-state index in [9.17, 15) is 9.59 Å². The van der Waals surface area contributed by atoms with Crippen molar-refractivity contribution >= 4 is 22.8 Å². The molecule has 8 heteroatoms. The van der Waals surface area contributed by atoms with Gasteiger partial charge in [-0.2, -0.15) is 5.10 Å². The summed E-state index contributed by atoms with van der Waals surface area (Å²) in [5.74, 6) is 0.0784. The van der Waals surface area contributed by atoms with Gasteiger partial charge in [-0.05, 0) is 45.2 Å². The van der Waals surface area contributed by atoms with E-state index in [4.69, 9.17) is 4.98 Å². The van der Waals surface area contributed by atoms with Gasteiger partial charge in [0.15, 0.2) is 5.65 Å². The highest BCUT2D eigenvalue weighted by Crippen LogP contribution is 2.29. The van der Waals surface area contributed by atoms with Gasteiger partial charge in [-0.25, -0.2) is 9.67 Å². The summed E-state index contributed by atoms with van der Waals surface area (Å²) in [5, 5.41) is 8.37. The zero-order valence-corrected chi connectivity index (χ0v) is 20.1. The first-order chi connectivity index (χ1) is 16.4. The number of piperazine rings is 1. The number of rotatable bonds is 6. The van der Waals surface area contributed by atoms with Crippen LogP contribution in [0.5, 0.6) is 0 Å². The fourth-order valence-electron chi connectivity index (χ4n) is 4.55. The lowest BCUT2D eigenvalue weighted by Gasteiger charge is -2.34. The average molecular weight is 461 g/mol. The quantitative estimate of drug-likeness (QED) is 0.611. The van der Waals surface area contributed by atoms with E-state index in [0.717, 1.165) is 40.7 Å². The molecule has 5 rings (SSSR count). The Morgan fingerprint density at radius 2 is 1.85 bits per heavy atom. The van der Waals surface area contributed by atoms with E-state index in [0.29, 0.717) is 44.3 Å². The van der Waals surface area contributed by atoms with E-state index in [-0.39, 0.29) is 17.9 Å². The van der Waals surface area contributed by atoms with Gasteiger partial charge in [0.25, 0.3) is 5.91 Å². The Labute approximate surface area is 199 Å². The van der Waals surface area contributed by atoms with Gasteiger partial charge in [-0.3, -0.25) is 14.5 Å². The van der Waals surface area contributed by atoms with Gasteiger partial charge in [-0.15, -0.1) is 0 Å². The molecule has 0 atom stereocenters. The summed E-state index contributed by atoms with van der Waals surface area (Å²) in [6.07, 6.45) is 3.94. The summed E-state index contributed by atoms with van der Waals surface area (Å²) < 4.78 is 1.88. The van der Waals surface area contributed by atoms with Crippen LogP contribution in [0.4, 0.5) is 0 Å². The van der Waals surface area contributed by atoms with Crippen LogP contribution in [0.1, 0.15) is 48.7 Å². The molecule has 1 aromatic carbocycles. The highest BCUT2D eigenvalue weighted by Gasteiger charge is 2.28. The molecule has 1 aliphatic heterocycles. The summed E-state index contributed by atoms with van der Waals surface area (Å²) in [6, 6.07) is 10.5. The van der Waals surface area contributed by atoms with E-state index >= 15 is 0 Å². The van der Waals surface area contributed by atoms with Crippen LogP contribution >= 0.6 is 0 Å². The predicted octanol–water partition coefficient (Wildman–Crippen LogP) is 3.02. The lowest BCUT2D eigenvalue weighted by Crippen LogP contribution is -2.51. The molecule has 0 bridgehead atoms. The Hall–Kier alpha value is -3.26. The number of nitrogens with zero attached hydrogens (tertiary/aromatic N) is 5. The number of carbonyl (C=O) groups is 2. The van der Waals surface area contributed by atoms with Crippen molar-refractivity contribution in [3.05, 3.63) is 47.7 Å². The molecule has 1 saturated carbocycles. The van der Waals surface area contributed by atoms with Crippen molar-refractivity contribution in [1.29, 1.82) is 0 Å². The highest BCUT2D eigenvalue weighted by molar-refractivity contribution is 6.06. The molecular formula is C26H32N6O2. The number of pyridine rings is 1. The van der Waals surface area contributed by atoms with Gasteiger partial charge in [0.2, 0.25) is 5.91 Å². The van der Waals surface area contributed by atoms with E-state index in [2.05, 4.69) is 42.2 Å². The molecular weight excluding hydrogens is 428 g/mol. The van der Waals surface area contributed by atoms with Crippen molar-refractivity contribution in [2.24, 2.45) is 0 Å². The fourth-order valence-corrected chi connectivity index (χ4v) is 4.55. The summed E-state index contributed by atoms with van der Waals surface area (Å²) in [6.45, 7) is 9.15. The van der Waals surface area contributed by atoms with Gasteiger partial charge in [0.05, 0.1) is 29.4 Å². The largest absolute Gasteiger partial charge is 0.352 e. The van der Waals surface area contributed by atoms with E-state index in [1.54, 1.807) is 6.20 Å². The van der Waals surface area contributed by atoms with Crippen LogP contribution in [0.3, 0.4) is 0 Å². The number of amides is 2. The smallest absolute Gasteiger partial charge is 0.254 e. The van der Waals surface area contributed by atoms with Crippen molar-refractivity contribution in [3.8, 4) is 11.3 Å². The molecule has 8 nitrogen and oxygen atoms in total. The Morgan fingerprint density at radius 3 is 2.53 bits per heavy atom. The molecule has 0 radical (unpaired) electrons. The molecule has 1 saturated heterocycles. The second-order valence-corrected chi connectivity index (χ2v) is 9.70. The van der Waals surface area contributed by atoms with Crippen LogP contribution in [-0.4, -0.2) is 75.1 Å². The normalized spacial score (nSPS) is 16.9. The van der Waals surface area contributed by atoms with Crippen molar-refractivity contribution in [3.63, 3.8) is 0 Å². The van der Waals surface area contributed by atoms with Crippen molar-refractivity contribution in [2.45, 2.75) is 45.7 Å². The first kappa shape index (κ1) is 22.5. The molecule has 0 spiro atoms. The van der Waals surface area contributed by atoms with Crippen LogP contribution < -0.4 is 5.32 Å². The van der Waals surface area contributed by atoms with Crippen LogP contribution in [0, 0.1) is 6.92 Å². The predicted molar refractivity (Wildman–Crippen MR) is 132 cm³/mol. The summed E-state index contributed by atoms with van der Waals surface area (Å²) in [7, 11) is 0. The molecule has 1 N–H and O–H groups in total. The van der Waals surface area contributed by atoms with Crippen LogP contribution in [0.2, 0.25) is 0 Å². The van der Waals surface area contributed by atoms with Crippen LogP contribution in [-0.2, 0) is 4.79 Å². The SMILES string of the molecule is Cc1ccccc1-c1cc(C(=O)N2CCN(CC(=O)NC3CC3)CC2)c2cnn(C(C)C)c2n1. The number of carbonyl (C=O) groups excluding carboxylic acids is 2. The summed E-state index contributed by atoms with van der Waals surface area (Å²) in [5.41, 5.74) is 4.28. The molecule has 1 aliphatic carbocycles. The van der Waals surface area contributed by atoms with Gasteiger partial charge in [-0.1, -0.05) is 24.3 Å². The Bertz CT molecular complexity index is 1220. The molecule has 0 unspecified atom stereocenters. The highest BCUT2D eigenvalue weighted by atomic mass is 16.2. The number of fused-ring (bicyclic) bond motifs is 1. The van der Waals surface area contributed by atoms with Crippen molar-refractivity contribution in [2.75, 3.05) is 32.7 Å². The standard InChI is InChI=1S/C26H32N6O2/c1-17(2)32-25-22(15-27-32)21(14-23(29-25)20-7-5-4-6-18(20)3)26(34)31-12-10-30(11-13-31)16-24(33)28-19-8-9-19/h4-7,14-15,17,19H,8-13,16H2,1-3H3,(H,28,33). The molecule has 2 amide bonds. The molecule has 2 aliphatic rings. The molecule has 3 heterocycles. The number of hydrogen-bond donors (Lipinski definition) is 1. The second-order valence-electron chi connectivity index (χ2n) is 9.70. The number of nitrogens with one attached hydrogen (secondary N) is 1. The Kier molecular flexibility index (Phi) is 6.08. The molecule has 3 aromatic rings. The molecule has 2 aromatic heterocycles. The van der Waals surface area contributed by atoms with Gasteiger partial charge >= 0.3 is 0 Å². The maximum Gasteiger partial charge on any atom is 0.254 e. The molecule has 178 valence electrons. The van der Waals surface area contributed by atoms with E-state index in [1.165, 1.54) is 0 Å². The number of aryl methyl sites for hydroxylation is 1. The zero-order valence-electron chi connectivity index (χ0n) is 20.1. The Balaban J connectivity index is 1.40. The number of aromatic nitrogens is 3. The fraction of sp³-hybridized carbons (Fsp3) is 0.462. The van der Waals surface area contributed by atoms with E-state index < -0.39 is 0 Å². The minimum absolute atomic E-state index is 0.00683. The minimum Gasteiger partial charge on any atom is -0.352 e. The second kappa shape index (κ2) is 9.18. The number of hydrogen-bond acceptors (Lipinski definition) is 5. The summed E-state index contributed by atoms with van der Waals surface area (Å²) in [4.78, 5) is 34.8. The first-order valence-electron chi connectivity index (χ1n) is 12.2. The maximum absolute atomic E-state index is 13.7. The van der Waals surface area contributed by atoms with Crippen molar-refractivity contribution in [1.82, 2.24) is 29.9 Å². The Morgan fingerprint density at radius 1 is 1.12 bits per heavy atom. The maximum atomic E-state index is 13.7. The third kappa shape index (κ3) is 4.55. The average Bonchev–Trinajstić information content (AvgIpc) is 3.52. The minimum atomic E-state index is -0.00683. The van der Waals surface area contributed by atoms with Crippen molar-refractivity contribution < 1.29 is 9.59 Å². The van der Waals surface area contributed by atoms with E-state index in [1.807, 2.05) is 33.8 Å². The van der Waals surface area contributed by atoms with Gasteiger partial charge in [0, 0.05) is 43.8 Å².